The molecule has 16 heavy (non-hydrogen) atoms. The molecule has 3 rings (SSSR count). The third kappa shape index (κ3) is 1.85. The Labute approximate surface area is 94.3 Å². The molecule has 2 heterocycles. The van der Waals surface area contributed by atoms with Gasteiger partial charge in [-0.1, -0.05) is 5.16 Å². The zero-order valence-corrected chi connectivity index (χ0v) is 9.26. The highest BCUT2D eigenvalue weighted by Crippen LogP contribution is 2.34. The van der Waals surface area contributed by atoms with E-state index >= 15 is 0 Å². The van der Waals surface area contributed by atoms with Crippen LogP contribution in [0.2, 0.25) is 0 Å². The quantitative estimate of drug-likeness (QED) is 0.822. The van der Waals surface area contributed by atoms with E-state index in [4.69, 9.17) is 15.0 Å². The first kappa shape index (κ1) is 10.2. The molecule has 1 aromatic rings. The average molecular weight is 223 g/mol. The van der Waals surface area contributed by atoms with Gasteiger partial charge in [0.2, 0.25) is 11.7 Å². The summed E-state index contributed by atoms with van der Waals surface area (Å²) in [6, 6.07) is 0.295. The fourth-order valence-corrected chi connectivity index (χ4v) is 2.57. The number of aromatic nitrogens is 2. The van der Waals surface area contributed by atoms with Crippen molar-refractivity contribution in [2.24, 2.45) is 5.73 Å². The van der Waals surface area contributed by atoms with Gasteiger partial charge >= 0.3 is 0 Å². The zero-order chi connectivity index (χ0) is 11.0. The summed E-state index contributed by atoms with van der Waals surface area (Å²) in [6.07, 6.45) is 5.23. The Bertz CT molecular complexity index is 360. The highest BCUT2D eigenvalue weighted by Gasteiger charge is 2.30. The molecule has 5 heteroatoms. The van der Waals surface area contributed by atoms with Crippen molar-refractivity contribution in [1.82, 2.24) is 10.1 Å². The summed E-state index contributed by atoms with van der Waals surface area (Å²) >= 11 is 0. The van der Waals surface area contributed by atoms with Crippen molar-refractivity contribution in [2.45, 2.75) is 50.2 Å². The first-order valence-electron chi connectivity index (χ1n) is 6.03. The van der Waals surface area contributed by atoms with Gasteiger partial charge in [-0.05, 0) is 32.1 Å². The van der Waals surface area contributed by atoms with E-state index in [1.54, 1.807) is 0 Å². The molecule has 0 bridgehead atoms. The van der Waals surface area contributed by atoms with Gasteiger partial charge in [-0.25, -0.2) is 0 Å². The first-order chi connectivity index (χ1) is 7.83. The van der Waals surface area contributed by atoms with Crippen LogP contribution in [0.25, 0.3) is 0 Å². The van der Waals surface area contributed by atoms with E-state index in [0.717, 1.165) is 44.6 Å². The summed E-state index contributed by atoms with van der Waals surface area (Å²) in [6.45, 7) is 0.808. The second kappa shape index (κ2) is 4.14. The predicted molar refractivity (Wildman–Crippen MR) is 56.8 cm³/mol. The minimum absolute atomic E-state index is 0.0487. The maximum Gasteiger partial charge on any atom is 0.229 e. The summed E-state index contributed by atoms with van der Waals surface area (Å²) in [7, 11) is 0. The van der Waals surface area contributed by atoms with E-state index in [1.807, 2.05) is 0 Å². The van der Waals surface area contributed by atoms with Crippen molar-refractivity contribution in [1.29, 1.82) is 0 Å². The van der Waals surface area contributed by atoms with Gasteiger partial charge in [-0.15, -0.1) is 0 Å². The van der Waals surface area contributed by atoms with Crippen LogP contribution in [0.15, 0.2) is 4.52 Å². The molecular weight excluding hydrogens is 206 g/mol. The van der Waals surface area contributed by atoms with Gasteiger partial charge in [-0.2, -0.15) is 4.98 Å². The Morgan fingerprint density at radius 1 is 1.25 bits per heavy atom. The molecule has 2 N–H and O–H groups in total. The second-order valence-electron chi connectivity index (χ2n) is 4.76. The molecule has 2 aliphatic rings. The molecule has 3 atom stereocenters. The average Bonchev–Trinajstić information content (AvgIpc) is 2.97. The fraction of sp³-hybridized carbons (Fsp3) is 0.818. The Balaban J connectivity index is 1.72. The molecule has 1 saturated heterocycles. The summed E-state index contributed by atoms with van der Waals surface area (Å²) in [5.41, 5.74) is 5.88. The van der Waals surface area contributed by atoms with E-state index in [-0.39, 0.29) is 6.10 Å². The molecule has 1 saturated carbocycles. The second-order valence-corrected chi connectivity index (χ2v) is 4.76. The number of nitrogens with two attached hydrogens (primary N) is 1. The maximum atomic E-state index is 5.88. The third-order valence-electron chi connectivity index (χ3n) is 3.50. The monoisotopic (exact) mass is 223 g/mol. The lowest BCUT2D eigenvalue weighted by atomic mass is 10.1. The third-order valence-corrected chi connectivity index (χ3v) is 3.50. The lowest BCUT2D eigenvalue weighted by Gasteiger charge is -2.03. The van der Waals surface area contributed by atoms with Crippen LogP contribution in [0.4, 0.5) is 0 Å². The van der Waals surface area contributed by atoms with Crippen molar-refractivity contribution >= 4 is 0 Å². The van der Waals surface area contributed by atoms with E-state index in [2.05, 4.69) is 10.1 Å². The van der Waals surface area contributed by atoms with Crippen LogP contribution in [-0.2, 0) is 4.74 Å². The van der Waals surface area contributed by atoms with Gasteiger partial charge in [-0.3, -0.25) is 0 Å². The van der Waals surface area contributed by atoms with Crippen molar-refractivity contribution < 1.29 is 9.26 Å². The smallest absolute Gasteiger partial charge is 0.229 e. The highest BCUT2D eigenvalue weighted by atomic mass is 16.5. The van der Waals surface area contributed by atoms with Crippen molar-refractivity contribution in [3.8, 4) is 0 Å². The van der Waals surface area contributed by atoms with E-state index in [0.29, 0.717) is 17.8 Å². The van der Waals surface area contributed by atoms with Gasteiger partial charge < -0.3 is 15.0 Å². The maximum absolute atomic E-state index is 5.88. The standard InChI is InChI=1S/C11H17N3O2/c12-8-4-3-7(6-8)11-13-10(14-16-11)9-2-1-5-15-9/h7-9H,1-6,12H2/t7-,8+,9?/m1/s1. The molecule has 1 aromatic heterocycles. The van der Waals surface area contributed by atoms with Gasteiger partial charge in [0.15, 0.2) is 0 Å². The molecule has 1 unspecified atom stereocenters. The summed E-state index contributed by atoms with van der Waals surface area (Å²) in [5, 5.41) is 4.02. The highest BCUT2D eigenvalue weighted by molar-refractivity contribution is 5.01. The normalized spacial score (nSPS) is 34.7. The van der Waals surface area contributed by atoms with Crippen molar-refractivity contribution in [2.75, 3.05) is 6.61 Å². The fourth-order valence-electron chi connectivity index (χ4n) is 2.57. The topological polar surface area (TPSA) is 74.2 Å². The van der Waals surface area contributed by atoms with Crippen LogP contribution in [-0.4, -0.2) is 22.8 Å². The molecule has 0 radical (unpaired) electrons. The lowest BCUT2D eigenvalue weighted by molar-refractivity contribution is 0.103. The Hall–Kier alpha value is -0.940. The molecule has 0 spiro atoms. The van der Waals surface area contributed by atoms with Crippen LogP contribution in [0.1, 0.15) is 55.8 Å². The first-order valence-corrected chi connectivity index (χ1v) is 6.03. The van der Waals surface area contributed by atoms with E-state index in [1.165, 1.54) is 0 Å². The van der Waals surface area contributed by atoms with Crippen molar-refractivity contribution in [3.05, 3.63) is 11.7 Å². The predicted octanol–water partition coefficient (Wildman–Crippen LogP) is 1.52. The molecule has 0 amide bonds. The summed E-state index contributed by atoms with van der Waals surface area (Å²) in [4.78, 5) is 4.45. The van der Waals surface area contributed by atoms with Crippen LogP contribution in [0, 0.1) is 0 Å². The SMILES string of the molecule is N[C@H]1CC[C@@H](c2nc(C3CCCO3)no2)C1. The molecule has 2 fully saturated rings. The zero-order valence-electron chi connectivity index (χ0n) is 9.26. The number of nitrogens with zero attached hydrogens (tertiary/aromatic N) is 2. The molecule has 5 nitrogen and oxygen atoms in total. The molecule has 1 aliphatic heterocycles. The van der Waals surface area contributed by atoms with E-state index in [9.17, 15) is 0 Å². The van der Waals surface area contributed by atoms with Crippen LogP contribution >= 0.6 is 0 Å². The number of hydrogen-bond donors (Lipinski definition) is 1. The Morgan fingerprint density at radius 3 is 2.88 bits per heavy atom. The molecule has 88 valence electrons. The van der Waals surface area contributed by atoms with Gasteiger partial charge in [0.25, 0.3) is 0 Å². The van der Waals surface area contributed by atoms with E-state index < -0.39 is 0 Å². The van der Waals surface area contributed by atoms with Crippen LogP contribution in [0.5, 0.6) is 0 Å². The largest absolute Gasteiger partial charge is 0.370 e. The summed E-state index contributed by atoms with van der Waals surface area (Å²) in [5.74, 6) is 1.82. The summed E-state index contributed by atoms with van der Waals surface area (Å²) < 4.78 is 10.8. The lowest BCUT2D eigenvalue weighted by Crippen LogP contribution is -2.14. The number of rotatable bonds is 2. The molecule has 1 aliphatic carbocycles. The minimum Gasteiger partial charge on any atom is -0.370 e. The van der Waals surface area contributed by atoms with Gasteiger partial charge in [0.05, 0.1) is 0 Å². The number of ether oxygens (including phenoxy) is 1. The molecule has 0 aromatic carbocycles. The number of hydrogen-bond acceptors (Lipinski definition) is 5. The Kier molecular flexibility index (Phi) is 2.65. The van der Waals surface area contributed by atoms with Gasteiger partial charge in [0.1, 0.15) is 6.10 Å². The van der Waals surface area contributed by atoms with Crippen LogP contribution in [0.3, 0.4) is 0 Å². The minimum atomic E-state index is 0.0487. The van der Waals surface area contributed by atoms with Crippen LogP contribution < -0.4 is 5.73 Å². The molecular formula is C11H17N3O2. The van der Waals surface area contributed by atoms with Gasteiger partial charge in [0, 0.05) is 18.6 Å². The Morgan fingerprint density at radius 2 is 2.19 bits per heavy atom. The van der Waals surface area contributed by atoms with Crippen molar-refractivity contribution in [3.63, 3.8) is 0 Å².